The molecule has 2 heterocycles. The summed E-state index contributed by atoms with van der Waals surface area (Å²) in [6.07, 6.45) is 0. The fourth-order valence-electron chi connectivity index (χ4n) is 3.10. The first-order valence-electron chi connectivity index (χ1n) is 8.64. The first-order valence-corrected chi connectivity index (χ1v) is 8.64. The number of benzene rings is 1. The van der Waals surface area contributed by atoms with Crippen LogP contribution in [0.2, 0.25) is 0 Å². The Morgan fingerprint density at radius 1 is 1.22 bits per heavy atom. The van der Waals surface area contributed by atoms with E-state index in [4.69, 9.17) is 9.47 Å². The van der Waals surface area contributed by atoms with Gasteiger partial charge >= 0.3 is 5.97 Å². The van der Waals surface area contributed by atoms with E-state index in [-0.39, 0.29) is 18.1 Å². The molecule has 3 rings (SSSR count). The number of carbonyl (C=O) groups is 1. The van der Waals surface area contributed by atoms with Crippen LogP contribution in [0.1, 0.15) is 26.5 Å². The third kappa shape index (κ3) is 3.86. The predicted octanol–water partition coefficient (Wildman–Crippen LogP) is 3.05. The molecule has 0 saturated heterocycles. The Morgan fingerprint density at radius 2 is 1.96 bits per heavy atom. The highest BCUT2D eigenvalue weighted by atomic mass is 16.6. The van der Waals surface area contributed by atoms with E-state index >= 15 is 0 Å². The summed E-state index contributed by atoms with van der Waals surface area (Å²) in [5.41, 5.74) is 2.34. The SMILES string of the molecule is COc1ccc2c(c1)c(-c1ccc(=O)[nH]n1)c(C)n2CC(=O)OC(C)(C)C. The molecule has 142 valence electrons. The lowest BCUT2D eigenvalue weighted by Gasteiger charge is -2.20. The van der Waals surface area contributed by atoms with E-state index in [9.17, 15) is 9.59 Å². The number of hydrogen-bond acceptors (Lipinski definition) is 5. The number of aromatic nitrogens is 3. The zero-order valence-corrected chi connectivity index (χ0v) is 16.1. The Labute approximate surface area is 156 Å². The molecule has 3 aromatic rings. The molecule has 0 unspecified atom stereocenters. The molecule has 27 heavy (non-hydrogen) atoms. The van der Waals surface area contributed by atoms with Gasteiger partial charge < -0.3 is 14.0 Å². The Morgan fingerprint density at radius 3 is 2.56 bits per heavy atom. The number of nitrogens with one attached hydrogen (secondary N) is 1. The second-order valence-corrected chi connectivity index (χ2v) is 7.32. The monoisotopic (exact) mass is 369 g/mol. The van der Waals surface area contributed by atoms with Crippen LogP contribution in [0.3, 0.4) is 0 Å². The van der Waals surface area contributed by atoms with Crippen LogP contribution in [0.25, 0.3) is 22.2 Å². The van der Waals surface area contributed by atoms with Gasteiger partial charge in [-0.3, -0.25) is 9.59 Å². The second kappa shape index (κ2) is 6.90. The first-order chi connectivity index (χ1) is 12.7. The van der Waals surface area contributed by atoms with Gasteiger partial charge in [0.15, 0.2) is 0 Å². The van der Waals surface area contributed by atoms with Crippen LogP contribution in [0.15, 0.2) is 35.1 Å². The Hall–Kier alpha value is -3.09. The molecule has 0 radical (unpaired) electrons. The maximum Gasteiger partial charge on any atom is 0.326 e. The first kappa shape index (κ1) is 18.7. The van der Waals surface area contributed by atoms with Crippen molar-refractivity contribution in [2.75, 3.05) is 7.11 Å². The van der Waals surface area contributed by atoms with E-state index in [1.54, 1.807) is 13.2 Å². The van der Waals surface area contributed by atoms with Crippen molar-refractivity contribution in [2.45, 2.75) is 39.8 Å². The maximum absolute atomic E-state index is 12.4. The third-order valence-electron chi connectivity index (χ3n) is 4.17. The lowest BCUT2D eigenvalue weighted by atomic mass is 10.1. The molecule has 1 aromatic carbocycles. The molecule has 0 aliphatic carbocycles. The van der Waals surface area contributed by atoms with Crippen molar-refractivity contribution >= 4 is 16.9 Å². The van der Waals surface area contributed by atoms with Crippen molar-refractivity contribution in [2.24, 2.45) is 0 Å². The second-order valence-electron chi connectivity index (χ2n) is 7.32. The minimum absolute atomic E-state index is 0.0787. The van der Waals surface area contributed by atoms with Gasteiger partial charge in [-0.2, -0.15) is 5.10 Å². The molecule has 2 aromatic heterocycles. The molecule has 0 bridgehead atoms. The summed E-state index contributed by atoms with van der Waals surface area (Å²) in [7, 11) is 1.60. The number of carbonyl (C=O) groups excluding carboxylic acids is 1. The summed E-state index contributed by atoms with van der Waals surface area (Å²) < 4.78 is 12.7. The number of ether oxygens (including phenoxy) is 2. The van der Waals surface area contributed by atoms with Crippen LogP contribution in [-0.2, 0) is 16.1 Å². The Kier molecular flexibility index (Phi) is 4.78. The number of aromatic amines is 1. The van der Waals surface area contributed by atoms with Crippen molar-refractivity contribution in [3.8, 4) is 17.0 Å². The molecule has 0 amide bonds. The summed E-state index contributed by atoms with van der Waals surface area (Å²) in [6, 6.07) is 8.74. The Bertz CT molecular complexity index is 1040. The highest BCUT2D eigenvalue weighted by Gasteiger charge is 2.22. The molecule has 1 N–H and O–H groups in total. The van der Waals surface area contributed by atoms with Gasteiger partial charge in [0.05, 0.1) is 12.8 Å². The fourth-order valence-corrected chi connectivity index (χ4v) is 3.10. The molecule has 0 spiro atoms. The average molecular weight is 369 g/mol. The van der Waals surface area contributed by atoms with E-state index in [0.717, 1.165) is 22.2 Å². The molecule has 0 fully saturated rings. The number of fused-ring (bicyclic) bond motifs is 1. The molecule has 7 heteroatoms. The number of H-pyrrole nitrogens is 1. The number of hydrogen-bond donors (Lipinski definition) is 1. The van der Waals surface area contributed by atoms with Gasteiger partial charge in [0, 0.05) is 28.2 Å². The summed E-state index contributed by atoms with van der Waals surface area (Å²) in [5, 5.41) is 7.51. The van der Waals surface area contributed by atoms with E-state index in [0.29, 0.717) is 11.4 Å². The highest BCUT2D eigenvalue weighted by Crippen LogP contribution is 2.35. The van der Waals surface area contributed by atoms with E-state index in [1.165, 1.54) is 6.07 Å². The minimum Gasteiger partial charge on any atom is -0.497 e. The summed E-state index contributed by atoms with van der Waals surface area (Å²) >= 11 is 0. The lowest BCUT2D eigenvalue weighted by Crippen LogP contribution is -2.26. The molecular weight excluding hydrogens is 346 g/mol. The summed E-state index contributed by atoms with van der Waals surface area (Å²) in [6.45, 7) is 7.51. The topological polar surface area (TPSA) is 86.2 Å². The fraction of sp³-hybridized carbons (Fsp3) is 0.350. The zero-order chi connectivity index (χ0) is 19.8. The van der Waals surface area contributed by atoms with Crippen molar-refractivity contribution in [1.29, 1.82) is 0 Å². The maximum atomic E-state index is 12.4. The number of methoxy groups -OCH3 is 1. The van der Waals surface area contributed by atoms with Gasteiger partial charge in [0.25, 0.3) is 5.56 Å². The van der Waals surface area contributed by atoms with E-state index in [1.807, 2.05) is 50.5 Å². The highest BCUT2D eigenvalue weighted by molar-refractivity contribution is 5.98. The molecule has 0 aliphatic heterocycles. The van der Waals surface area contributed by atoms with Crippen LogP contribution < -0.4 is 10.3 Å². The number of esters is 1. The number of nitrogens with zero attached hydrogens (tertiary/aromatic N) is 2. The largest absolute Gasteiger partial charge is 0.497 e. The van der Waals surface area contributed by atoms with Crippen molar-refractivity contribution < 1.29 is 14.3 Å². The summed E-state index contributed by atoms with van der Waals surface area (Å²) in [5.74, 6) is 0.377. The number of rotatable bonds is 4. The van der Waals surface area contributed by atoms with Crippen LogP contribution in [-0.4, -0.2) is 33.4 Å². The molecule has 7 nitrogen and oxygen atoms in total. The van der Waals surface area contributed by atoms with Gasteiger partial charge in [-0.05, 0) is 52.0 Å². The Balaban J connectivity index is 2.17. The van der Waals surface area contributed by atoms with Crippen molar-refractivity contribution in [3.05, 3.63) is 46.4 Å². The smallest absolute Gasteiger partial charge is 0.326 e. The van der Waals surface area contributed by atoms with E-state index in [2.05, 4.69) is 10.2 Å². The predicted molar refractivity (Wildman–Crippen MR) is 103 cm³/mol. The lowest BCUT2D eigenvalue weighted by molar-refractivity contribution is -0.155. The van der Waals surface area contributed by atoms with Gasteiger partial charge in [0.2, 0.25) is 0 Å². The van der Waals surface area contributed by atoms with Gasteiger partial charge in [0.1, 0.15) is 17.9 Å². The third-order valence-corrected chi connectivity index (χ3v) is 4.17. The zero-order valence-electron chi connectivity index (χ0n) is 16.1. The van der Waals surface area contributed by atoms with Crippen LogP contribution in [0.4, 0.5) is 0 Å². The van der Waals surface area contributed by atoms with Gasteiger partial charge in [-0.25, -0.2) is 5.10 Å². The molecule has 0 saturated carbocycles. The quantitative estimate of drug-likeness (QED) is 0.715. The van der Waals surface area contributed by atoms with Gasteiger partial charge in [-0.1, -0.05) is 0 Å². The van der Waals surface area contributed by atoms with Crippen LogP contribution in [0, 0.1) is 6.92 Å². The van der Waals surface area contributed by atoms with Gasteiger partial charge in [-0.15, -0.1) is 0 Å². The van der Waals surface area contributed by atoms with E-state index < -0.39 is 5.60 Å². The minimum atomic E-state index is -0.555. The van der Waals surface area contributed by atoms with Crippen LogP contribution in [0.5, 0.6) is 5.75 Å². The van der Waals surface area contributed by atoms with Crippen LogP contribution >= 0.6 is 0 Å². The van der Waals surface area contributed by atoms with Crippen molar-refractivity contribution in [3.63, 3.8) is 0 Å². The standard InChI is InChI=1S/C20H23N3O4/c1-12-19(15-7-9-17(24)22-21-15)14-10-13(26-5)6-8-16(14)23(12)11-18(25)27-20(2,3)4/h6-10H,11H2,1-5H3,(H,22,24). The normalized spacial score (nSPS) is 11.6. The van der Waals surface area contributed by atoms with Crippen molar-refractivity contribution in [1.82, 2.24) is 14.8 Å². The average Bonchev–Trinajstić information content (AvgIpc) is 2.85. The molecular formula is C20H23N3O4. The molecule has 0 aliphatic rings. The molecule has 0 atom stereocenters. The summed E-state index contributed by atoms with van der Waals surface area (Å²) in [4.78, 5) is 23.8.